The van der Waals surface area contributed by atoms with Gasteiger partial charge in [0.2, 0.25) is 0 Å². The van der Waals surface area contributed by atoms with E-state index in [1.54, 1.807) is 0 Å². The highest BCUT2D eigenvalue weighted by molar-refractivity contribution is 6.10. The highest BCUT2D eigenvalue weighted by atomic mass is 15.1. The Morgan fingerprint density at radius 2 is 1.35 bits per heavy atom. The van der Waals surface area contributed by atoms with Crippen LogP contribution in [0.5, 0.6) is 0 Å². The first-order valence-electron chi connectivity index (χ1n) is 17.1. The van der Waals surface area contributed by atoms with Gasteiger partial charge in [0.25, 0.3) is 0 Å². The van der Waals surface area contributed by atoms with Crippen LogP contribution in [-0.2, 0) is 0 Å². The molecule has 49 heavy (non-hydrogen) atoms. The number of anilines is 3. The molecule has 2 unspecified atom stereocenters. The van der Waals surface area contributed by atoms with Crippen LogP contribution in [0.1, 0.15) is 43.2 Å². The van der Waals surface area contributed by atoms with Gasteiger partial charge in [0.15, 0.2) is 0 Å². The summed E-state index contributed by atoms with van der Waals surface area (Å²) in [5.41, 5.74) is 13.3. The van der Waals surface area contributed by atoms with Crippen LogP contribution in [0, 0.1) is 0 Å². The molecule has 6 rings (SSSR count). The third-order valence-corrected chi connectivity index (χ3v) is 9.46. The van der Waals surface area contributed by atoms with Gasteiger partial charge in [-0.3, -0.25) is 4.99 Å². The number of nitrogens with one attached hydrogen (secondary N) is 1. The van der Waals surface area contributed by atoms with Crippen molar-refractivity contribution in [1.29, 1.82) is 0 Å². The van der Waals surface area contributed by atoms with Gasteiger partial charge in [-0.15, -0.1) is 0 Å². The van der Waals surface area contributed by atoms with Gasteiger partial charge < -0.3 is 10.2 Å². The van der Waals surface area contributed by atoms with Crippen molar-refractivity contribution >= 4 is 22.8 Å². The van der Waals surface area contributed by atoms with Gasteiger partial charge in [-0.05, 0) is 54.7 Å². The average molecular weight is 640 g/mol. The van der Waals surface area contributed by atoms with Crippen LogP contribution in [0.3, 0.4) is 0 Å². The Kier molecular flexibility index (Phi) is 10.5. The quantitative estimate of drug-likeness (QED) is 0.130. The van der Waals surface area contributed by atoms with Crippen molar-refractivity contribution in [3.05, 3.63) is 188 Å². The van der Waals surface area contributed by atoms with E-state index in [1.807, 2.05) is 13.0 Å². The van der Waals surface area contributed by atoms with Gasteiger partial charge in [-0.25, -0.2) is 0 Å². The van der Waals surface area contributed by atoms with Crippen LogP contribution >= 0.6 is 0 Å². The molecule has 0 saturated carbocycles. The molecule has 0 aromatic heterocycles. The summed E-state index contributed by atoms with van der Waals surface area (Å²) in [6.45, 7) is 15.1. The monoisotopic (exact) mass is 639 g/mol. The maximum atomic E-state index is 5.29. The lowest BCUT2D eigenvalue weighted by Gasteiger charge is -2.34. The van der Waals surface area contributed by atoms with Crippen LogP contribution in [0.15, 0.2) is 182 Å². The van der Waals surface area contributed by atoms with Gasteiger partial charge in [-0.2, -0.15) is 0 Å². The van der Waals surface area contributed by atoms with Crippen LogP contribution in [0.2, 0.25) is 0 Å². The van der Waals surface area contributed by atoms with Crippen molar-refractivity contribution in [2.75, 3.05) is 17.3 Å². The van der Waals surface area contributed by atoms with E-state index < -0.39 is 0 Å². The van der Waals surface area contributed by atoms with Crippen molar-refractivity contribution < 1.29 is 0 Å². The third kappa shape index (κ3) is 7.42. The van der Waals surface area contributed by atoms with Crippen molar-refractivity contribution in [2.24, 2.45) is 4.99 Å². The van der Waals surface area contributed by atoms with Gasteiger partial charge in [0, 0.05) is 41.8 Å². The van der Waals surface area contributed by atoms with Crippen molar-refractivity contribution in [3.63, 3.8) is 0 Å². The fraction of sp³-hybridized carbons (Fsp3) is 0.152. The Morgan fingerprint density at radius 3 is 2.00 bits per heavy atom. The molecule has 0 fully saturated rings. The van der Waals surface area contributed by atoms with Gasteiger partial charge >= 0.3 is 0 Å². The maximum absolute atomic E-state index is 5.29. The van der Waals surface area contributed by atoms with Crippen molar-refractivity contribution in [3.8, 4) is 22.3 Å². The van der Waals surface area contributed by atoms with Crippen LogP contribution in [0.25, 0.3) is 22.3 Å². The Balaban J connectivity index is 1.33. The molecule has 2 atom stereocenters. The molecule has 0 radical (unpaired) electrons. The van der Waals surface area contributed by atoms with Gasteiger partial charge in [0.1, 0.15) is 0 Å². The maximum Gasteiger partial charge on any atom is 0.0647 e. The molecule has 3 nitrogen and oxygen atoms in total. The summed E-state index contributed by atoms with van der Waals surface area (Å²) in [5.74, 6) is 0.242. The van der Waals surface area contributed by atoms with Crippen LogP contribution in [0.4, 0.5) is 17.1 Å². The number of allylic oxidation sites excluding steroid dienone is 4. The third-order valence-electron chi connectivity index (χ3n) is 9.46. The smallest absolute Gasteiger partial charge is 0.0647 e. The van der Waals surface area contributed by atoms with E-state index in [1.165, 1.54) is 11.1 Å². The molecule has 0 amide bonds. The molecule has 1 aliphatic rings. The van der Waals surface area contributed by atoms with E-state index in [0.29, 0.717) is 6.42 Å². The lowest BCUT2D eigenvalue weighted by molar-refractivity contribution is 0.490. The molecule has 5 aromatic rings. The Bertz CT molecular complexity index is 1940. The number of para-hydroxylation sites is 3. The lowest BCUT2D eigenvalue weighted by Crippen LogP contribution is -2.29. The first-order valence-corrected chi connectivity index (χ1v) is 17.1. The molecular weight excluding hydrogens is 595 g/mol. The number of rotatable bonds is 13. The van der Waals surface area contributed by atoms with Crippen LogP contribution in [-0.4, -0.2) is 18.8 Å². The molecule has 0 aliphatic carbocycles. The zero-order valence-electron chi connectivity index (χ0n) is 28.6. The molecule has 1 heterocycles. The number of nitrogens with zero attached hydrogens (tertiary/aromatic N) is 2. The molecule has 0 saturated heterocycles. The topological polar surface area (TPSA) is 27.6 Å². The lowest BCUT2D eigenvalue weighted by atomic mass is 9.79. The number of hydrogen-bond donors (Lipinski definition) is 1. The molecule has 5 aromatic carbocycles. The van der Waals surface area contributed by atoms with Gasteiger partial charge in [-0.1, -0.05) is 153 Å². The molecule has 0 spiro atoms. The SMILES string of the molecule is C=CC1=NC(CC(=C)N(C)c2ccccc2Nc2c(-c3ccccc3)cccc2-c2ccccc2)C(CCC(=C)/C=C\C)c2ccccc21. The second kappa shape index (κ2) is 15.5. The fourth-order valence-electron chi connectivity index (χ4n) is 6.92. The number of aliphatic imine (C=N–C) groups is 1. The molecule has 244 valence electrons. The first-order chi connectivity index (χ1) is 24.0. The predicted molar refractivity (Wildman–Crippen MR) is 212 cm³/mol. The fourth-order valence-corrected chi connectivity index (χ4v) is 6.92. The Labute approximate surface area is 292 Å². The van der Waals surface area contributed by atoms with E-state index in [-0.39, 0.29) is 12.0 Å². The Hall–Kier alpha value is -5.67. The van der Waals surface area contributed by atoms with Crippen LogP contribution < -0.4 is 10.2 Å². The summed E-state index contributed by atoms with van der Waals surface area (Å²) in [7, 11) is 2.11. The molecule has 0 bridgehead atoms. The minimum Gasteiger partial charge on any atom is -0.353 e. The summed E-state index contributed by atoms with van der Waals surface area (Å²) in [5, 5.41) is 3.89. The second-order valence-corrected chi connectivity index (χ2v) is 12.6. The van der Waals surface area contributed by atoms with Crippen molar-refractivity contribution in [1.82, 2.24) is 0 Å². The standard InChI is InChI=1S/C46H45N3/c1-6-19-33(3)30-31-41-39-24-14-15-25-40(39)42(7-2)47-44(41)32-34(4)49(5)45-29-17-16-28-43(45)48-46-37(35-20-10-8-11-21-35)26-18-27-38(46)36-22-12-9-13-23-36/h6-29,41,44,48H,2-4,30-32H2,1,5H3/b19-6-. The highest BCUT2D eigenvalue weighted by Gasteiger charge is 2.31. The molecular formula is C46H45N3. The number of benzene rings is 5. The second-order valence-electron chi connectivity index (χ2n) is 12.6. The van der Waals surface area contributed by atoms with E-state index in [4.69, 9.17) is 4.99 Å². The van der Waals surface area contributed by atoms with Crippen molar-refractivity contribution in [2.45, 2.75) is 38.1 Å². The Morgan fingerprint density at radius 1 is 0.755 bits per heavy atom. The van der Waals surface area contributed by atoms with E-state index in [2.05, 4.69) is 177 Å². The predicted octanol–water partition coefficient (Wildman–Crippen LogP) is 12.2. The zero-order valence-corrected chi connectivity index (χ0v) is 28.6. The summed E-state index contributed by atoms with van der Waals surface area (Å²) >= 11 is 0. The molecule has 1 aliphatic heterocycles. The van der Waals surface area contributed by atoms with Gasteiger partial charge in [0.05, 0.1) is 28.8 Å². The summed E-state index contributed by atoms with van der Waals surface area (Å²) < 4.78 is 0. The summed E-state index contributed by atoms with van der Waals surface area (Å²) in [6, 6.07) is 44.8. The highest BCUT2D eigenvalue weighted by Crippen LogP contribution is 2.42. The zero-order chi connectivity index (χ0) is 34.2. The summed E-state index contributed by atoms with van der Waals surface area (Å²) in [6.07, 6.45) is 8.66. The van der Waals surface area contributed by atoms with E-state index in [0.717, 1.165) is 69.1 Å². The molecule has 1 N–H and O–H groups in total. The largest absolute Gasteiger partial charge is 0.353 e. The first kappa shape index (κ1) is 33.2. The minimum atomic E-state index is 0.0277. The molecule has 3 heteroatoms. The average Bonchev–Trinajstić information content (AvgIpc) is 3.15. The number of hydrogen-bond acceptors (Lipinski definition) is 3. The summed E-state index contributed by atoms with van der Waals surface area (Å²) in [4.78, 5) is 7.51. The normalized spacial score (nSPS) is 15.3. The minimum absolute atomic E-state index is 0.0277. The number of fused-ring (bicyclic) bond motifs is 1. The van der Waals surface area contributed by atoms with E-state index in [9.17, 15) is 0 Å². The van der Waals surface area contributed by atoms with E-state index >= 15 is 0 Å².